The molecule has 3 rings (SSSR count). The van der Waals surface area contributed by atoms with Gasteiger partial charge >= 0.3 is 0 Å². The fourth-order valence-corrected chi connectivity index (χ4v) is 2.82. The highest BCUT2D eigenvalue weighted by atomic mass is 15.3. The lowest BCUT2D eigenvalue weighted by molar-refractivity contribution is 0.697. The Morgan fingerprint density at radius 1 is 1.05 bits per heavy atom. The van der Waals surface area contributed by atoms with Crippen LogP contribution in [0.1, 0.15) is 22.4 Å². The third-order valence-electron chi connectivity index (χ3n) is 4.04. The molecule has 3 aromatic rings. The molecule has 0 spiro atoms. The van der Waals surface area contributed by atoms with E-state index < -0.39 is 0 Å². The summed E-state index contributed by atoms with van der Waals surface area (Å²) in [5.74, 6) is 0. The average molecular weight is 262 g/mol. The van der Waals surface area contributed by atoms with E-state index in [0.29, 0.717) is 0 Å². The van der Waals surface area contributed by atoms with Crippen molar-refractivity contribution in [3.05, 3.63) is 58.8 Å². The molecule has 0 aliphatic rings. The van der Waals surface area contributed by atoms with E-state index in [4.69, 9.17) is 5.10 Å². The summed E-state index contributed by atoms with van der Waals surface area (Å²) in [4.78, 5) is 0. The van der Waals surface area contributed by atoms with Crippen LogP contribution in [0.15, 0.2) is 36.4 Å². The molecule has 100 valence electrons. The first-order valence-electron chi connectivity index (χ1n) is 7.05. The molecule has 2 aromatic carbocycles. The van der Waals surface area contributed by atoms with E-state index in [-0.39, 0.29) is 0 Å². The molecule has 1 aromatic heterocycles. The topological polar surface area (TPSA) is 17.8 Å². The van der Waals surface area contributed by atoms with E-state index >= 15 is 0 Å². The van der Waals surface area contributed by atoms with Crippen LogP contribution in [0.3, 0.4) is 0 Å². The van der Waals surface area contributed by atoms with Gasteiger partial charge < -0.3 is 0 Å². The second kappa shape index (κ2) is 4.82. The summed E-state index contributed by atoms with van der Waals surface area (Å²) in [6, 6.07) is 13.0. The predicted octanol–water partition coefficient (Wildman–Crippen LogP) is 2.27. The van der Waals surface area contributed by atoms with Crippen molar-refractivity contribution in [3.8, 4) is 0 Å². The molecule has 0 aliphatic carbocycles. The molecule has 0 N–H and O–H groups in total. The summed E-state index contributed by atoms with van der Waals surface area (Å²) in [7, 11) is 2.13. The minimum atomic E-state index is 0.840. The third kappa shape index (κ3) is 2.13. The van der Waals surface area contributed by atoms with Gasteiger partial charge in [-0.05, 0) is 43.5 Å². The highest BCUT2D eigenvalue weighted by Gasteiger charge is 2.10. The Kier molecular flexibility index (Phi) is 3.13. The molecule has 0 saturated heterocycles. The molecule has 3 heteroatoms. The van der Waals surface area contributed by atoms with Crippen LogP contribution in [0.5, 0.6) is 0 Å². The minimum Gasteiger partial charge on any atom is -0.260 e. The normalized spacial score (nSPS) is 11.2. The Balaban J connectivity index is 2.14. The number of fused-ring (bicyclic) bond motifs is 1. The fraction of sp³-hybridized carbons (Fsp3) is 0.235. The lowest BCUT2D eigenvalue weighted by Crippen LogP contribution is -2.07. The first kappa shape index (κ1) is 13.0. The maximum Gasteiger partial charge on any atom is 0.139 e. The van der Waals surface area contributed by atoms with Gasteiger partial charge in [0.25, 0.3) is 0 Å². The quantitative estimate of drug-likeness (QED) is 0.648. The van der Waals surface area contributed by atoms with Crippen molar-refractivity contribution in [1.82, 2.24) is 9.78 Å². The summed E-state index contributed by atoms with van der Waals surface area (Å²) in [5, 5.41) is 5.98. The molecule has 1 heterocycles. The van der Waals surface area contributed by atoms with Gasteiger partial charge in [0.15, 0.2) is 0 Å². The molecule has 0 atom stereocenters. The van der Waals surface area contributed by atoms with Crippen molar-refractivity contribution in [2.45, 2.75) is 27.3 Å². The van der Waals surface area contributed by atoms with Gasteiger partial charge in [-0.2, -0.15) is 5.10 Å². The lowest BCUT2D eigenvalue weighted by Gasteiger charge is -2.10. The van der Waals surface area contributed by atoms with Gasteiger partial charge in [0.05, 0.1) is 17.8 Å². The maximum atomic E-state index is 4.73. The van der Waals surface area contributed by atoms with E-state index in [1.165, 1.54) is 33.1 Å². The SMILES string of the molecule is Bc1ccc2c(C)nn(Cc3c(C)cccc3C)c2c1. The predicted molar refractivity (Wildman–Crippen MR) is 87.7 cm³/mol. The van der Waals surface area contributed by atoms with Crippen LogP contribution in [0.2, 0.25) is 0 Å². The summed E-state index contributed by atoms with van der Waals surface area (Å²) >= 11 is 0. The Morgan fingerprint density at radius 3 is 2.45 bits per heavy atom. The van der Waals surface area contributed by atoms with Crippen LogP contribution in [-0.4, -0.2) is 17.6 Å². The lowest BCUT2D eigenvalue weighted by atomic mass is 9.95. The number of aryl methyl sites for hydroxylation is 3. The van der Waals surface area contributed by atoms with Crippen LogP contribution < -0.4 is 5.46 Å². The number of hydrogen-bond donors (Lipinski definition) is 0. The van der Waals surface area contributed by atoms with Crippen molar-refractivity contribution in [1.29, 1.82) is 0 Å². The zero-order valence-corrected chi connectivity index (χ0v) is 12.6. The first-order chi connectivity index (χ1) is 9.56. The molecule has 0 aliphatic heterocycles. The number of rotatable bonds is 2. The molecule has 0 bridgehead atoms. The standard InChI is InChI=1S/C17H19BN2/c1-11-5-4-6-12(2)16(11)10-20-17-9-14(18)7-8-15(17)13(3)19-20/h4-9H,10,18H2,1-3H3. The van der Waals surface area contributed by atoms with Gasteiger partial charge in [0, 0.05) is 5.39 Å². The van der Waals surface area contributed by atoms with E-state index in [1.807, 2.05) is 0 Å². The van der Waals surface area contributed by atoms with Gasteiger partial charge in [0.1, 0.15) is 7.85 Å². The van der Waals surface area contributed by atoms with Gasteiger partial charge in [0.2, 0.25) is 0 Å². The molecule has 20 heavy (non-hydrogen) atoms. The van der Waals surface area contributed by atoms with E-state index in [0.717, 1.165) is 12.2 Å². The maximum absolute atomic E-state index is 4.73. The Morgan fingerprint density at radius 2 is 1.75 bits per heavy atom. The zero-order valence-electron chi connectivity index (χ0n) is 12.6. The van der Waals surface area contributed by atoms with Crippen LogP contribution in [0.4, 0.5) is 0 Å². The number of benzene rings is 2. The Hall–Kier alpha value is -2.03. The van der Waals surface area contributed by atoms with Crippen molar-refractivity contribution < 1.29 is 0 Å². The number of aromatic nitrogens is 2. The van der Waals surface area contributed by atoms with Gasteiger partial charge in [-0.25, -0.2) is 0 Å². The first-order valence-corrected chi connectivity index (χ1v) is 7.05. The van der Waals surface area contributed by atoms with E-state index in [1.54, 1.807) is 0 Å². The van der Waals surface area contributed by atoms with Crippen LogP contribution in [-0.2, 0) is 6.54 Å². The minimum absolute atomic E-state index is 0.840. The summed E-state index contributed by atoms with van der Waals surface area (Å²) < 4.78 is 2.13. The second-order valence-corrected chi connectivity index (χ2v) is 5.63. The number of nitrogens with zero attached hydrogens (tertiary/aromatic N) is 2. The molecule has 0 fully saturated rings. The van der Waals surface area contributed by atoms with Crippen molar-refractivity contribution >= 4 is 24.2 Å². The van der Waals surface area contributed by atoms with Crippen molar-refractivity contribution in [2.75, 3.05) is 0 Å². The average Bonchev–Trinajstić information content (AvgIpc) is 2.70. The largest absolute Gasteiger partial charge is 0.260 e. The highest BCUT2D eigenvalue weighted by Crippen LogP contribution is 2.20. The number of hydrogen-bond acceptors (Lipinski definition) is 1. The molecular formula is C17H19BN2. The molecule has 0 amide bonds. The Bertz CT molecular complexity index is 767. The van der Waals surface area contributed by atoms with Gasteiger partial charge in [-0.1, -0.05) is 35.8 Å². The monoisotopic (exact) mass is 262 g/mol. The smallest absolute Gasteiger partial charge is 0.139 e. The van der Waals surface area contributed by atoms with Crippen LogP contribution in [0.25, 0.3) is 10.9 Å². The molecular weight excluding hydrogens is 243 g/mol. The van der Waals surface area contributed by atoms with Gasteiger partial charge in [-0.3, -0.25) is 4.68 Å². The second-order valence-electron chi connectivity index (χ2n) is 5.63. The summed E-state index contributed by atoms with van der Waals surface area (Å²) in [6.45, 7) is 7.27. The molecule has 2 nitrogen and oxygen atoms in total. The van der Waals surface area contributed by atoms with Crippen LogP contribution >= 0.6 is 0 Å². The summed E-state index contributed by atoms with van der Waals surface area (Å²) in [5.41, 5.74) is 7.65. The third-order valence-corrected chi connectivity index (χ3v) is 4.04. The molecule has 0 saturated carbocycles. The molecule has 0 radical (unpaired) electrons. The van der Waals surface area contributed by atoms with Crippen molar-refractivity contribution in [3.63, 3.8) is 0 Å². The highest BCUT2D eigenvalue weighted by molar-refractivity contribution is 6.33. The Labute approximate surface area is 120 Å². The van der Waals surface area contributed by atoms with E-state index in [9.17, 15) is 0 Å². The van der Waals surface area contributed by atoms with Crippen LogP contribution in [0, 0.1) is 20.8 Å². The van der Waals surface area contributed by atoms with E-state index in [2.05, 4.69) is 69.7 Å². The summed E-state index contributed by atoms with van der Waals surface area (Å²) in [6.07, 6.45) is 0. The molecule has 0 unspecified atom stereocenters. The fourth-order valence-electron chi connectivity index (χ4n) is 2.82. The van der Waals surface area contributed by atoms with Crippen molar-refractivity contribution in [2.24, 2.45) is 0 Å². The van der Waals surface area contributed by atoms with Gasteiger partial charge in [-0.15, -0.1) is 0 Å². The zero-order chi connectivity index (χ0) is 14.3.